The maximum absolute atomic E-state index is 12.6. The molecule has 0 aliphatic carbocycles. The minimum atomic E-state index is -4.45. The van der Waals surface area contributed by atoms with Crippen LogP contribution in [-0.4, -0.2) is 22.8 Å². The van der Waals surface area contributed by atoms with Gasteiger partial charge in [-0.2, -0.15) is 13.2 Å². The zero-order valence-corrected chi connectivity index (χ0v) is 16.9. The van der Waals surface area contributed by atoms with Crippen LogP contribution in [0.4, 0.5) is 13.2 Å². The van der Waals surface area contributed by atoms with Crippen LogP contribution < -0.4 is 4.74 Å². The van der Waals surface area contributed by atoms with Crippen LogP contribution in [-0.2, 0) is 12.7 Å². The number of carbonyl (C=O) groups is 1. The summed E-state index contributed by atoms with van der Waals surface area (Å²) in [7, 11) is 1.71. The predicted octanol–water partition coefficient (Wildman–Crippen LogP) is 5.99. The molecule has 0 aliphatic heterocycles. The molecule has 0 saturated carbocycles. The van der Waals surface area contributed by atoms with Crippen molar-refractivity contribution >= 4 is 33.2 Å². The first-order valence-corrected chi connectivity index (χ1v) is 9.64. The average molecular weight is 471 g/mol. The number of benzene rings is 1. The predicted molar refractivity (Wildman–Crippen MR) is 104 cm³/mol. The van der Waals surface area contributed by atoms with Crippen molar-refractivity contribution < 1.29 is 22.7 Å². The molecule has 3 rings (SSSR count). The molecule has 4 nitrogen and oxygen atoms in total. The molecule has 2 heterocycles. The first-order chi connectivity index (χ1) is 13.2. The highest BCUT2D eigenvalue weighted by Gasteiger charge is 2.30. The Morgan fingerprint density at radius 2 is 1.86 bits per heavy atom. The third-order valence-corrected chi connectivity index (χ3v) is 5.36. The van der Waals surface area contributed by atoms with Gasteiger partial charge in [-0.25, -0.2) is 4.98 Å². The summed E-state index contributed by atoms with van der Waals surface area (Å²) in [6.45, 7) is 0.489. The van der Waals surface area contributed by atoms with Crippen molar-refractivity contribution in [3.05, 3.63) is 74.5 Å². The number of hydrogen-bond donors (Lipinski definition) is 0. The molecule has 9 heteroatoms. The number of carbonyl (C=O) groups excluding carboxylic acids is 1. The third kappa shape index (κ3) is 5.11. The first kappa shape index (κ1) is 20.3. The van der Waals surface area contributed by atoms with E-state index in [9.17, 15) is 18.0 Å². The van der Waals surface area contributed by atoms with Gasteiger partial charge in [0.2, 0.25) is 5.88 Å². The second-order valence-electron chi connectivity index (χ2n) is 5.88. The van der Waals surface area contributed by atoms with Crippen LogP contribution in [0.25, 0.3) is 0 Å². The number of thiophene rings is 1. The molecule has 0 unspecified atom stereocenters. The Labute approximate surface area is 171 Å². The fourth-order valence-electron chi connectivity index (χ4n) is 2.36. The van der Waals surface area contributed by atoms with Gasteiger partial charge in [0, 0.05) is 29.8 Å². The van der Waals surface area contributed by atoms with Crippen molar-refractivity contribution in [3.8, 4) is 11.6 Å². The van der Waals surface area contributed by atoms with Crippen LogP contribution >= 0.6 is 27.3 Å². The quantitative estimate of drug-likeness (QED) is 0.459. The normalized spacial score (nSPS) is 11.3. The molecule has 0 spiro atoms. The van der Waals surface area contributed by atoms with Crippen LogP contribution in [0.2, 0.25) is 0 Å². The van der Waals surface area contributed by atoms with E-state index < -0.39 is 11.7 Å². The third-order valence-electron chi connectivity index (χ3n) is 3.76. The van der Waals surface area contributed by atoms with Crippen molar-refractivity contribution in [1.29, 1.82) is 0 Å². The highest BCUT2D eigenvalue weighted by molar-refractivity contribution is 9.11. The fourth-order valence-corrected chi connectivity index (χ4v) is 3.89. The largest absolute Gasteiger partial charge is 0.439 e. The second-order valence-corrected chi connectivity index (χ2v) is 8.42. The van der Waals surface area contributed by atoms with E-state index in [4.69, 9.17) is 4.74 Å². The molecule has 1 amide bonds. The molecule has 0 radical (unpaired) electrons. The van der Waals surface area contributed by atoms with Crippen molar-refractivity contribution in [1.82, 2.24) is 9.88 Å². The second kappa shape index (κ2) is 8.32. The minimum Gasteiger partial charge on any atom is -0.439 e. The molecule has 2 aromatic heterocycles. The van der Waals surface area contributed by atoms with E-state index in [-0.39, 0.29) is 11.8 Å². The van der Waals surface area contributed by atoms with E-state index in [2.05, 4.69) is 20.9 Å². The number of hydrogen-bond acceptors (Lipinski definition) is 4. The van der Waals surface area contributed by atoms with E-state index in [0.29, 0.717) is 24.1 Å². The smallest absolute Gasteiger partial charge is 0.417 e. The van der Waals surface area contributed by atoms with Gasteiger partial charge < -0.3 is 9.64 Å². The van der Waals surface area contributed by atoms with Gasteiger partial charge in [0.1, 0.15) is 5.75 Å². The van der Waals surface area contributed by atoms with Gasteiger partial charge in [0.25, 0.3) is 5.91 Å². The SMILES string of the molecule is CN(Cc1ccc(Br)s1)C(=O)c1ccc(Oc2ccc(C(F)(F)F)cn2)cc1. The highest BCUT2D eigenvalue weighted by atomic mass is 79.9. The Morgan fingerprint density at radius 1 is 1.14 bits per heavy atom. The van der Waals surface area contributed by atoms with E-state index in [1.807, 2.05) is 12.1 Å². The van der Waals surface area contributed by atoms with Crippen molar-refractivity contribution in [2.45, 2.75) is 12.7 Å². The van der Waals surface area contributed by atoms with Crippen LogP contribution in [0.3, 0.4) is 0 Å². The Balaban J connectivity index is 1.63. The fraction of sp³-hybridized carbons (Fsp3) is 0.158. The van der Waals surface area contributed by atoms with E-state index >= 15 is 0 Å². The highest BCUT2D eigenvalue weighted by Crippen LogP contribution is 2.30. The topological polar surface area (TPSA) is 42.4 Å². The molecule has 0 fully saturated rings. The maximum atomic E-state index is 12.6. The number of ether oxygens (including phenoxy) is 1. The van der Waals surface area contributed by atoms with Gasteiger partial charge in [0.05, 0.1) is 15.9 Å². The molecule has 0 saturated heterocycles. The number of nitrogens with zero attached hydrogens (tertiary/aromatic N) is 2. The van der Waals surface area contributed by atoms with Crippen LogP contribution in [0, 0.1) is 0 Å². The standard InChI is InChI=1S/C19H14BrF3N2O2S/c1-25(11-15-7-8-16(20)28-15)18(26)12-2-5-14(6-3-12)27-17-9-4-13(10-24-17)19(21,22)23/h2-10H,11H2,1H3. The van der Waals surface area contributed by atoms with Gasteiger partial charge in [-0.3, -0.25) is 4.79 Å². The molecule has 0 bridgehead atoms. The van der Waals surface area contributed by atoms with Crippen molar-refractivity contribution in [3.63, 3.8) is 0 Å². The Kier molecular flexibility index (Phi) is 6.04. The van der Waals surface area contributed by atoms with Crippen LogP contribution in [0.15, 0.2) is 58.5 Å². The summed E-state index contributed by atoms with van der Waals surface area (Å²) in [5, 5.41) is 0. The van der Waals surface area contributed by atoms with Crippen molar-refractivity contribution in [2.75, 3.05) is 7.05 Å². The maximum Gasteiger partial charge on any atom is 0.417 e. The van der Waals surface area contributed by atoms with E-state index in [1.165, 1.54) is 0 Å². The number of alkyl halides is 3. The van der Waals surface area contributed by atoms with Gasteiger partial charge in [-0.1, -0.05) is 0 Å². The summed E-state index contributed by atoms with van der Waals surface area (Å²) in [4.78, 5) is 18.8. The summed E-state index contributed by atoms with van der Waals surface area (Å²) in [6, 6.07) is 12.3. The number of rotatable bonds is 5. The zero-order chi connectivity index (χ0) is 20.3. The number of amides is 1. The van der Waals surface area contributed by atoms with Gasteiger partial charge in [0.15, 0.2) is 0 Å². The van der Waals surface area contributed by atoms with Crippen LogP contribution in [0.1, 0.15) is 20.8 Å². The Bertz CT molecular complexity index is 957. The molecule has 0 N–H and O–H groups in total. The number of pyridine rings is 1. The summed E-state index contributed by atoms with van der Waals surface area (Å²) in [5.74, 6) is 0.254. The molecule has 28 heavy (non-hydrogen) atoms. The Morgan fingerprint density at radius 3 is 2.39 bits per heavy atom. The lowest BCUT2D eigenvalue weighted by Gasteiger charge is -2.16. The average Bonchev–Trinajstić information content (AvgIpc) is 3.06. The molecule has 146 valence electrons. The molecule has 0 aliphatic rings. The lowest BCUT2D eigenvalue weighted by atomic mass is 10.2. The zero-order valence-electron chi connectivity index (χ0n) is 14.5. The molecule has 1 aromatic carbocycles. The lowest BCUT2D eigenvalue weighted by molar-refractivity contribution is -0.137. The van der Waals surface area contributed by atoms with Crippen molar-refractivity contribution in [2.24, 2.45) is 0 Å². The first-order valence-electron chi connectivity index (χ1n) is 8.03. The summed E-state index contributed by atoms with van der Waals surface area (Å²) >= 11 is 4.95. The lowest BCUT2D eigenvalue weighted by Crippen LogP contribution is -2.25. The van der Waals surface area contributed by atoms with Gasteiger partial charge >= 0.3 is 6.18 Å². The summed E-state index contributed by atoms with van der Waals surface area (Å²) in [5.41, 5.74) is -0.368. The van der Waals surface area contributed by atoms with E-state index in [0.717, 1.165) is 20.8 Å². The monoisotopic (exact) mass is 470 g/mol. The molecule has 3 aromatic rings. The molecular weight excluding hydrogens is 457 g/mol. The van der Waals surface area contributed by atoms with Gasteiger partial charge in [-0.05, 0) is 58.4 Å². The van der Waals surface area contributed by atoms with E-state index in [1.54, 1.807) is 47.5 Å². The molecular formula is C19H14BrF3N2O2S. The van der Waals surface area contributed by atoms with Crippen LogP contribution in [0.5, 0.6) is 11.6 Å². The number of halogens is 4. The minimum absolute atomic E-state index is 0.0347. The Hall–Kier alpha value is -2.39. The molecule has 0 atom stereocenters. The summed E-state index contributed by atoms with van der Waals surface area (Å²) in [6.07, 6.45) is -3.73. The van der Waals surface area contributed by atoms with Gasteiger partial charge in [-0.15, -0.1) is 11.3 Å². The summed E-state index contributed by atoms with van der Waals surface area (Å²) < 4.78 is 44.1. The number of aromatic nitrogens is 1.